The molecule has 0 aromatic rings. The van der Waals surface area contributed by atoms with Crippen LogP contribution in [0, 0.1) is 17.3 Å². The van der Waals surface area contributed by atoms with Crippen molar-refractivity contribution in [1.82, 2.24) is 26.2 Å². The molecular formula is C33H51Cl2N5O7. The van der Waals surface area contributed by atoms with E-state index in [1.54, 1.807) is 26.8 Å². The van der Waals surface area contributed by atoms with Gasteiger partial charge in [-0.2, -0.15) is 0 Å². The van der Waals surface area contributed by atoms with Crippen LogP contribution in [0.15, 0.2) is 12.7 Å². The summed E-state index contributed by atoms with van der Waals surface area (Å²) >= 11 is 13.0. The molecule has 264 valence electrons. The smallest absolute Gasteiger partial charge is 0.315 e. The predicted octanol–water partition coefficient (Wildman–Crippen LogP) is 3.53. The third kappa shape index (κ3) is 9.84. The van der Waals surface area contributed by atoms with E-state index in [1.165, 1.54) is 4.90 Å². The molecule has 0 bridgehead atoms. The van der Waals surface area contributed by atoms with Crippen LogP contribution in [0.4, 0.5) is 4.79 Å². The quantitative estimate of drug-likeness (QED) is 0.0989. The normalized spacial score (nSPS) is 23.9. The Hall–Kier alpha value is -2.86. The Kier molecular flexibility index (Phi) is 12.1. The third-order valence-electron chi connectivity index (χ3n) is 8.91. The summed E-state index contributed by atoms with van der Waals surface area (Å²) in [5.41, 5.74) is -1.79. The summed E-state index contributed by atoms with van der Waals surface area (Å²) in [6.07, 6.45) is 5.37. The van der Waals surface area contributed by atoms with Crippen molar-refractivity contribution in [3.63, 3.8) is 0 Å². The van der Waals surface area contributed by atoms with E-state index in [4.69, 9.17) is 27.9 Å². The molecule has 14 heteroatoms. The van der Waals surface area contributed by atoms with E-state index in [9.17, 15) is 28.8 Å². The van der Waals surface area contributed by atoms with E-state index in [-0.39, 0.29) is 25.9 Å². The molecule has 2 aliphatic carbocycles. The number of likely N-dealkylation sites (tertiary alicyclic amines) is 1. The Morgan fingerprint density at radius 2 is 1.64 bits per heavy atom. The van der Waals surface area contributed by atoms with Crippen LogP contribution >= 0.6 is 23.2 Å². The Morgan fingerprint density at radius 1 is 1.02 bits per heavy atom. The van der Waals surface area contributed by atoms with Crippen LogP contribution in [0.2, 0.25) is 0 Å². The molecule has 1 aliphatic heterocycles. The zero-order chi connectivity index (χ0) is 35.5. The SMILES string of the molecule is C=CCCC(NC(=O)C1C2C(CN1C(=O)C(NC(=O)NC(C)(C)C)C(C)(C)C)C2(Cl)Cl)C(=O)C(=O)NCCC(=O)OC1(C)CCCC1. The van der Waals surface area contributed by atoms with Crippen LogP contribution in [0.1, 0.15) is 93.4 Å². The summed E-state index contributed by atoms with van der Waals surface area (Å²) in [5, 5.41) is 10.7. The van der Waals surface area contributed by atoms with Gasteiger partial charge < -0.3 is 30.9 Å². The second-order valence-corrected chi connectivity index (χ2v) is 16.8. The number of nitrogens with zero attached hydrogens (tertiary/aromatic N) is 1. The fourth-order valence-electron chi connectivity index (χ4n) is 6.34. The molecule has 3 rings (SSSR count). The second kappa shape index (κ2) is 14.7. The number of ketones is 1. The molecule has 1 heterocycles. The number of fused-ring (bicyclic) bond motifs is 1. The van der Waals surface area contributed by atoms with Gasteiger partial charge >= 0.3 is 12.0 Å². The highest BCUT2D eigenvalue weighted by molar-refractivity contribution is 6.51. The van der Waals surface area contributed by atoms with E-state index in [1.807, 2.05) is 27.7 Å². The number of carbonyl (C=O) groups excluding carboxylic acids is 6. The summed E-state index contributed by atoms with van der Waals surface area (Å²) in [4.78, 5) is 80.5. The summed E-state index contributed by atoms with van der Waals surface area (Å²) in [6, 6.07) is -3.94. The molecule has 0 aromatic heterocycles. The molecule has 5 unspecified atom stereocenters. The molecule has 1 saturated heterocycles. The number of rotatable bonds is 13. The van der Waals surface area contributed by atoms with Gasteiger partial charge in [-0.3, -0.25) is 24.0 Å². The molecule has 0 spiro atoms. The molecule has 0 radical (unpaired) electrons. The van der Waals surface area contributed by atoms with Crippen LogP contribution in [0.25, 0.3) is 0 Å². The molecular weight excluding hydrogens is 649 g/mol. The van der Waals surface area contributed by atoms with Crippen molar-refractivity contribution in [2.75, 3.05) is 13.1 Å². The first-order valence-electron chi connectivity index (χ1n) is 16.3. The number of urea groups is 1. The van der Waals surface area contributed by atoms with Crippen molar-refractivity contribution >= 4 is 58.7 Å². The van der Waals surface area contributed by atoms with Crippen LogP contribution in [0.5, 0.6) is 0 Å². The minimum atomic E-state index is -1.25. The van der Waals surface area contributed by atoms with Gasteiger partial charge in [0, 0.05) is 30.5 Å². The molecule has 4 N–H and O–H groups in total. The zero-order valence-electron chi connectivity index (χ0n) is 28.6. The molecule has 5 atom stereocenters. The summed E-state index contributed by atoms with van der Waals surface area (Å²) in [7, 11) is 0. The van der Waals surface area contributed by atoms with Gasteiger partial charge in [-0.25, -0.2) is 4.79 Å². The average Bonchev–Trinajstić information content (AvgIpc) is 3.30. The van der Waals surface area contributed by atoms with Gasteiger partial charge in [-0.1, -0.05) is 26.8 Å². The number of amides is 5. The summed E-state index contributed by atoms with van der Waals surface area (Å²) in [6.45, 7) is 16.3. The van der Waals surface area contributed by atoms with Crippen molar-refractivity contribution in [3.8, 4) is 0 Å². The van der Waals surface area contributed by atoms with Crippen molar-refractivity contribution in [2.45, 2.75) is 127 Å². The van der Waals surface area contributed by atoms with Crippen LogP contribution in [0.3, 0.4) is 0 Å². The van der Waals surface area contributed by atoms with Gasteiger partial charge in [0.1, 0.15) is 22.0 Å². The first-order valence-corrected chi connectivity index (χ1v) is 17.1. The van der Waals surface area contributed by atoms with Crippen LogP contribution in [-0.2, 0) is 28.7 Å². The monoisotopic (exact) mass is 699 g/mol. The highest BCUT2D eigenvalue weighted by atomic mass is 35.5. The van der Waals surface area contributed by atoms with Gasteiger partial charge in [0.2, 0.25) is 17.6 Å². The number of halogens is 2. The number of nitrogens with one attached hydrogen (secondary N) is 4. The van der Waals surface area contributed by atoms with Crippen molar-refractivity contribution in [3.05, 3.63) is 12.7 Å². The van der Waals surface area contributed by atoms with Crippen molar-refractivity contribution in [2.24, 2.45) is 17.3 Å². The zero-order valence-corrected chi connectivity index (χ0v) is 30.1. The van der Waals surface area contributed by atoms with Gasteiger partial charge in [-0.05, 0) is 71.6 Å². The highest BCUT2D eigenvalue weighted by Gasteiger charge is 2.74. The first-order chi connectivity index (χ1) is 21.6. The summed E-state index contributed by atoms with van der Waals surface area (Å²) < 4.78 is 4.31. The molecule has 2 saturated carbocycles. The number of carbonyl (C=O) groups is 6. The minimum absolute atomic E-state index is 0.0721. The lowest BCUT2D eigenvalue weighted by Crippen LogP contribution is -2.62. The Labute approximate surface area is 287 Å². The highest BCUT2D eigenvalue weighted by Crippen LogP contribution is 2.65. The van der Waals surface area contributed by atoms with Crippen molar-refractivity contribution in [1.29, 1.82) is 0 Å². The maximum atomic E-state index is 14.0. The van der Waals surface area contributed by atoms with Gasteiger partial charge in [0.05, 0.1) is 12.5 Å². The molecule has 5 amide bonds. The van der Waals surface area contributed by atoms with E-state index < -0.39 is 86.4 Å². The standard InChI is InChI=1S/C33H51Cl2N5O7/c1-9-10-13-20(24(42)27(44)36-17-14-21(41)47-32(8)15-11-12-16-32)37-26(43)23-22-19(33(22,34)35)18-40(23)28(45)25(30(2,3)4)38-29(46)39-31(5,6)7/h9,19-20,22-23,25H,1,10-18H2,2-8H3,(H,36,44)(H,37,43)(H2,38,39,46). The van der Waals surface area contributed by atoms with E-state index >= 15 is 0 Å². The number of hydrogen-bond donors (Lipinski definition) is 4. The number of alkyl halides is 2. The molecule has 3 aliphatic rings. The Morgan fingerprint density at radius 3 is 2.19 bits per heavy atom. The minimum Gasteiger partial charge on any atom is -0.459 e. The van der Waals surface area contributed by atoms with Crippen molar-refractivity contribution < 1.29 is 33.5 Å². The van der Waals surface area contributed by atoms with E-state index in [2.05, 4.69) is 27.8 Å². The lowest BCUT2D eigenvalue weighted by Gasteiger charge is -2.38. The van der Waals surface area contributed by atoms with Gasteiger partial charge in [0.15, 0.2) is 0 Å². The Balaban J connectivity index is 1.71. The van der Waals surface area contributed by atoms with E-state index in [0.29, 0.717) is 6.42 Å². The van der Waals surface area contributed by atoms with Crippen LogP contribution in [-0.4, -0.2) is 87.1 Å². The Bertz CT molecular complexity index is 1250. The maximum absolute atomic E-state index is 14.0. The van der Waals surface area contributed by atoms with Gasteiger partial charge in [-0.15, -0.1) is 29.8 Å². The number of ether oxygens (including phenoxy) is 1. The topological polar surface area (TPSA) is 163 Å². The number of allylic oxidation sites excluding steroid dienone is 1. The molecule has 47 heavy (non-hydrogen) atoms. The lowest BCUT2D eigenvalue weighted by atomic mass is 9.85. The third-order valence-corrected chi connectivity index (χ3v) is 9.98. The number of hydrogen-bond acceptors (Lipinski definition) is 7. The largest absolute Gasteiger partial charge is 0.459 e. The average molecular weight is 701 g/mol. The lowest BCUT2D eigenvalue weighted by molar-refractivity contribution is -0.157. The first kappa shape index (κ1) is 38.6. The molecule has 12 nitrogen and oxygen atoms in total. The fraction of sp³-hybridized carbons (Fsp3) is 0.758. The number of piperidine rings is 1. The predicted molar refractivity (Wildman–Crippen MR) is 179 cm³/mol. The molecule has 0 aromatic carbocycles. The van der Waals surface area contributed by atoms with Gasteiger partial charge in [0.25, 0.3) is 5.91 Å². The van der Waals surface area contributed by atoms with Crippen LogP contribution < -0.4 is 21.3 Å². The number of Topliss-reactive ketones (excluding diaryl/α,β-unsaturated/α-hetero) is 1. The van der Waals surface area contributed by atoms with E-state index in [0.717, 1.165) is 25.7 Å². The number of esters is 1. The second-order valence-electron chi connectivity index (χ2n) is 15.3. The molecule has 3 fully saturated rings. The summed E-state index contributed by atoms with van der Waals surface area (Å²) in [5.74, 6) is -4.54. The fourth-order valence-corrected chi connectivity index (χ4v) is 7.17. The maximum Gasteiger partial charge on any atom is 0.315 e.